The zero-order chi connectivity index (χ0) is 11.1. The lowest BCUT2D eigenvalue weighted by molar-refractivity contribution is 0.475. The van der Waals surface area contributed by atoms with E-state index in [4.69, 9.17) is 17.1 Å². The zero-order valence-corrected chi connectivity index (χ0v) is 8.72. The van der Waals surface area contributed by atoms with Crippen LogP contribution in [0.4, 0.5) is 0 Å². The van der Waals surface area contributed by atoms with Crippen LogP contribution < -0.4 is 0 Å². The lowest BCUT2D eigenvalue weighted by Gasteiger charge is -1.97. The first-order chi connectivity index (χ1) is 7.24. The molecule has 1 aromatic carbocycles. The van der Waals surface area contributed by atoms with Gasteiger partial charge in [-0.05, 0) is 29.6 Å². The molecule has 1 rings (SSSR count). The summed E-state index contributed by atoms with van der Waals surface area (Å²) in [6.45, 7) is 0.443. The third kappa shape index (κ3) is 3.94. The molecule has 5 heteroatoms. The van der Waals surface area contributed by atoms with E-state index in [1.807, 2.05) is 12.2 Å². The minimum Gasteiger partial charge on any atom is -0.506 e. The van der Waals surface area contributed by atoms with Gasteiger partial charge in [0.1, 0.15) is 5.75 Å². The molecule has 0 amide bonds. The molecular weight excluding hydrogens is 214 g/mol. The summed E-state index contributed by atoms with van der Waals surface area (Å²) in [6.07, 6.45) is 4.43. The van der Waals surface area contributed by atoms with E-state index in [9.17, 15) is 5.11 Å². The van der Waals surface area contributed by atoms with E-state index in [-0.39, 0.29) is 5.75 Å². The predicted molar refractivity (Wildman–Crippen MR) is 60.8 cm³/mol. The third-order valence-electron chi connectivity index (χ3n) is 1.74. The highest BCUT2D eigenvalue weighted by atomic mass is 35.5. The second kappa shape index (κ2) is 5.96. The van der Waals surface area contributed by atoms with E-state index in [1.54, 1.807) is 12.1 Å². The lowest BCUT2D eigenvalue weighted by atomic mass is 10.2. The van der Waals surface area contributed by atoms with E-state index in [2.05, 4.69) is 10.0 Å². The molecule has 0 aliphatic carbocycles. The predicted octanol–water partition coefficient (Wildman–Crippen LogP) is 3.76. The highest BCUT2D eigenvalue weighted by molar-refractivity contribution is 6.32. The summed E-state index contributed by atoms with van der Waals surface area (Å²) in [6, 6.07) is 4.96. The fourth-order valence-electron chi connectivity index (χ4n) is 1.02. The Balaban J connectivity index is 2.56. The van der Waals surface area contributed by atoms with Crippen LogP contribution in [0.2, 0.25) is 5.02 Å². The van der Waals surface area contributed by atoms with Gasteiger partial charge in [-0.25, -0.2) is 0 Å². The van der Waals surface area contributed by atoms with Crippen molar-refractivity contribution < 1.29 is 5.11 Å². The molecule has 0 aliphatic rings. The van der Waals surface area contributed by atoms with Crippen LogP contribution in [-0.2, 0) is 0 Å². The van der Waals surface area contributed by atoms with Gasteiger partial charge in [0.2, 0.25) is 0 Å². The van der Waals surface area contributed by atoms with Crippen molar-refractivity contribution in [3.05, 3.63) is 45.3 Å². The van der Waals surface area contributed by atoms with Crippen LogP contribution >= 0.6 is 11.6 Å². The zero-order valence-electron chi connectivity index (χ0n) is 7.97. The molecule has 0 saturated carbocycles. The topological polar surface area (TPSA) is 69.0 Å². The number of hydrogen-bond donors (Lipinski definition) is 1. The fraction of sp³-hybridized carbons (Fsp3) is 0.200. The molecule has 0 fully saturated rings. The van der Waals surface area contributed by atoms with Gasteiger partial charge in [-0.1, -0.05) is 34.9 Å². The second-order valence-corrected chi connectivity index (χ2v) is 3.26. The number of halogens is 1. The minimum atomic E-state index is 0.0721. The summed E-state index contributed by atoms with van der Waals surface area (Å²) in [7, 11) is 0. The molecule has 0 bridgehead atoms. The highest BCUT2D eigenvalue weighted by Gasteiger charge is 1.96. The summed E-state index contributed by atoms with van der Waals surface area (Å²) in [5.74, 6) is 0.0721. The molecule has 0 heterocycles. The SMILES string of the molecule is [N-]=[N+]=NCCC=Cc1ccc(O)c(Cl)c1. The van der Waals surface area contributed by atoms with Crippen LogP contribution in [0.1, 0.15) is 12.0 Å². The summed E-state index contributed by atoms with van der Waals surface area (Å²) in [5.41, 5.74) is 8.94. The highest BCUT2D eigenvalue weighted by Crippen LogP contribution is 2.24. The first kappa shape index (κ1) is 11.4. The van der Waals surface area contributed by atoms with Crippen LogP contribution in [0.5, 0.6) is 5.75 Å². The quantitative estimate of drug-likeness (QED) is 0.359. The van der Waals surface area contributed by atoms with Crippen molar-refractivity contribution in [3.63, 3.8) is 0 Å². The Hall–Kier alpha value is -1.64. The molecule has 0 saturated heterocycles. The number of phenolic OH excluding ortho intramolecular Hbond substituents is 1. The van der Waals surface area contributed by atoms with Crippen LogP contribution in [0.25, 0.3) is 16.5 Å². The monoisotopic (exact) mass is 223 g/mol. The van der Waals surface area contributed by atoms with Gasteiger partial charge >= 0.3 is 0 Å². The first-order valence-electron chi connectivity index (χ1n) is 4.40. The standard InChI is InChI=1S/C10H10ClN3O/c11-9-7-8(4-5-10(9)15)3-1-2-6-13-14-12/h1,3-5,7,15H,2,6H2. The molecular formula is C10H10ClN3O. The molecule has 0 aliphatic heterocycles. The number of aromatic hydroxyl groups is 1. The molecule has 1 aromatic rings. The smallest absolute Gasteiger partial charge is 0.134 e. The van der Waals surface area contributed by atoms with Crippen LogP contribution in [0, 0.1) is 0 Å². The number of hydrogen-bond acceptors (Lipinski definition) is 2. The maximum atomic E-state index is 9.17. The van der Waals surface area contributed by atoms with Gasteiger partial charge in [0, 0.05) is 11.5 Å². The van der Waals surface area contributed by atoms with Gasteiger partial charge < -0.3 is 5.11 Å². The molecule has 0 atom stereocenters. The van der Waals surface area contributed by atoms with Crippen LogP contribution in [-0.4, -0.2) is 11.7 Å². The molecule has 4 nitrogen and oxygen atoms in total. The normalized spacial score (nSPS) is 10.2. The Morgan fingerprint density at radius 1 is 1.53 bits per heavy atom. The van der Waals surface area contributed by atoms with E-state index >= 15 is 0 Å². The van der Waals surface area contributed by atoms with Crippen molar-refractivity contribution in [2.75, 3.05) is 6.54 Å². The van der Waals surface area contributed by atoms with Crippen LogP contribution in [0.15, 0.2) is 29.4 Å². The van der Waals surface area contributed by atoms with E-state index in [0.29, 0.717) is 18.0 Å². The van der Waals surface area contributed by atoms with Crippen molar-refractivity contribution >= 4 is 17.7 Å². The van der Waals surface area contributed by atoms with Crippen molar-refractivity contribution in [2.45, 2.75) is 6.42 Å². The summed E-state index contributed by atoms with van der Waals surface area (Å²) in [4.78, 5) is 2.64. The Kier molecular flexibility index (Phi) is 4.54. The van der Waals surface area contributed by atoms with Crippen molar-refractivity contribution in [1.82, 2.24) is 0 Å². The summed E-state index contributed by atoms with van der Waals surface area (Å²) < 4.78 is 0. The van der Waals surface area contributed by atoms with Gasteiger partial charge in [-0.3, -0.25) is 0 Å². The van der Waals surface area contributed by atoms with Gasteiger partial charge in [-0.2, -0.15) is 0 Å². The van der Waals surface area contributed by atoms with Gasteiger partial charge in [-0.15, -0.1) is 0 Å². The van der Waals surface area contributed by atoms with Gasteiger partial charge in [0.15, 0.2) is 0 Å². The van der Waals surface area contributed by atoms with E-state index < -0.39 is 0 Å². The van der Waals surface area contributed by atoms with Crippen LogP contribution in [0.3, 0.4) is 0 Å². The number of phenols is 1. The molecule has 0 radical (unpaired) electrons. The largest absolute Gasteiger partial charge is 0.506 e. The Labute approximate surface area is 92.4 Å². The van der Waals surface area contributed by atoms with Crippen molar-refractivity contribution in [3.8, 4) is 5.75 Å². The Morgan fingerprint density at radius 2 is 2.33 bits per heavy atom. The van der Waals surface area contributed by atoms with E-state index in [1.165, 1.54) is 6.07 Å². The second-order valence-electron chi connectivity index (χ2n) is 2.86. The third-order valence-corrected chi connectivity index (χ3v) is 2.04. The maximum Gasteiger partial charge on any atom is 0.134 e. The average molecular weight is 224 g/mol. The molecule has 78 valence electrons. The van der Waals surface area contributed by atoms with Gasteiger partial charge in [0.25, 0.3) is 0 Å². The molecule has 0 unspecified atom stereocenters. The fourth-order valence-corrected chi connectivity index (χ4v) is 1.21. The molecule has 0 spiro atoms. The summed E-state index contributed by atoms with van der Waals surface area (Å²) >= 11 is 5.73. The molecule has 15 heavy (non-hydrogen) atoms. The molecule has 0 aromatic heterocycles. The Morgan fingerprint density at radius 3 is 3.00 bits per heavy atom. The maximum absolute atomic E-state index is 9.17. The number of rotatable bonds is 4. The van der Waals surface area contributed by atoms with Crippen molar-refractivity contribution in [2.24, 2.45) is 5.11 Å². The van der Waals surface area contributed by atoms with E-state index in [0.717, 1.165) is 5.56 Å². The average Bonchev–Trinajstić information content (AvgIpc) is 2.23. The molecule has 1 N–H and O–H groups in total. The minimum absolute atomic E-state index is 0.0721. The van der Waals surface area contributed by atoms with Crippen molar-refractivity contribution in [1.29, 1.82) is 0 Å². The first-order valence-corrected chi connectivity index (χ1v) is 4.78. The Bertz CT molecular complexity index is 411. The number of azide groups is 1. The number of benzene rings is 1. The van der Waals surface area contributed by atoms with Gasteiger partial charge in [0.05, 0.1) is 5.02 Å². The number of nitrogens with zero attached hydrogens (tertiary/aromatic N) is 3. The summed E-state index contributed by atoms with van der Waals surface area (Å²) in [5, 5.41) is 12.9. The lowest BCUT2D eigenvalue weighted by Crippen LogP contribution is -1.75.